The summed E-state index contributed by atoms with van der Waals surface area (Å²) in [6.07, 6.45) is 0. The van der Waals surface area contributed by atoms with E-state index < -0.39 is 5.97 Å². The minimum Gasteiger partial charge on any atom is -0.497 e. The quantitative estimate of drug-likeness (QED) is 0.318. The molecule has 2 aromatic heterocycles. The summed E-state index contributed by atoms with van der Waals surface area (Å²) in [5.41, 5.74) is 2.01. The van der Waals surface area contributed by atoms with Crippen molar-refractivity contribution < 1.29 is 23.7 Å². The number of methoxy groups -OCH3 is 1. The highest BCUT2D eigenvalue weighted by Crippen LogP contribution is 2.33. The number of hydrogen-bond acceptors (Lipinski definition) is 10. The Hall–Kier alpha value is -4.45. The fourth-order valence-electron chi connectivity index (χ4n) is 4.16. The van der Waals surface area contributed by atoms with Gasteiger partial charge in [-0.1, -0.05) is 6.07 Å². The molecule has 37 heavy (non-hydrogen) atoms. The van der Waals surface area contributed by atoms with Crippen LogP contribution in [0.15, 0.2) is 47.3 Å². The number of rotatable bonds is 10. The molecule has 0 unspecified atom stereocenters. The van der Waals surface area contributed by atoms with Crippen molar-refractivity contribution in [3.05, 3.63) is 69.8 Å². The molecule has 12 heteroatoms. The van der Waals surface area contributed by atoms with Crippen LogP contribution in [0.3, 0.4) is 0 Å². The summed E-state index contributed by atoms with van der Waals surface area (Å²) in [5.74, 6) is 2.06. The van der Waals surface area contributed by atoms with Crippen LogP contribution < -0.4 is 19.8 Å². The fourth-order valence-corrected chi connectivity index (χ4v) is 4.16. The lowest BCUT2D eigenvalue weighted by atomic mass is 10.1. The Morgan fingerprint density at radius 2 is 1.97 bits per heavy atom. The van der Waals surface area contributed by atoms with E-state index in [1.54, 1.807) is 20.1 Å². The van der Waals surface area contributed by atoms with Gasteiger partial charge in [-0.25, -0.2) is 4.68 Å². The number of pyridine rings is 1. The number of benzene rings is 2. The van der Waals surface area contributed by atoms with E-state index in [9.17, 15) is 9.59 Å². The molecule has 1 aliphatic heterocycles. The molecule has 0 fully saturated rings. The zero-order valence-electron chi connectivity index (χ0n) is 20.5. The summed E-state index contributed by atoms with van der Waals surface area (Å²) < 4.78 is 22.6. The van der Waals surface area contributed by atoms with Gasteiger partial charge >= 0.3 is 5.97 Å². The first-order chi connectivity index (χ1) is 18.0. The van der Waals surface area contributed by atoms with Gasteiger partial charge in [0, 0.05) is 24.7 Å². The predicted molar refractivity (Wildman–Crippen MR) is 131 cm³/mol. The molecule has 1 N–H and O–H groups in total. The highest BCUT2D eigenvalue weighted by Gasteiger charge is 2.19. The third kappa shape index (κ3) is 5.54. The lowest BCUT2D eigenvalue weighted by Crippen LogP contribution is -2.28. The van der Waals surface area contributed by atoms with E-state index in [-0.39, 0.29) is 32.0 Å². The molecule has 0 aliphatic carbocycles. The molecular weight excluding hydrogens is 480 g/mol. The van der Waals surface area contributed by atoms with Crippen LogP contribution in [0.4, 0.5) is 0 Å². The number of fused-ring (bicyclic) bond motifs is 2. The highest BCUT2D eigenvalue weighted by atomic mass is 16.7. The highest BCUT2D eigenvalue weighted by molar-refractivity contribution is 5.80. The SMILES string of the molecule is CCOC(=O)Cn1nnnc1CN(Cc1ccc2c(c1)OCO2)Cc1cc2ccc(OC)cc2[nH]c1=O. The van der Waals surface area contributed by atoms with Gasteiger partial charge in [0.2, 0.25) is 6.79 Å². The number of H-pyrrole nitrogens is 1. The number of aromatic nitrogens is 5. The molecule has 1 aliphatic rings. The summed E-state index contributed by atoms with van der Waals surface area (Å²) in [6.45, 7) is 3.13. The van der Waals surface area contributed by atoms with E-state index in [0.717, 1.165) is 10.9 Å². The van der Waals surface area contributed by atoms with Crippen LogP contribution in [0, 0.1) is 0 Å². The number of aromatic amines is 1. The van der Waals surface area contributed by atoms with E-state index >= 15 is 0 Å². The summed E-state index contributed by atoms with van der Waals surface area (Å²) in [5, 5.41) is 12.7. The second kappa shape index (κ2) is 10.7. The van der Waals surface area contributed by atoms with Gasteiger partial charge in [-0.05, 0) is 58.6 Å². The third-order valence-corrected chi connectivity index (χ3v) is 5.92. The Bertz CT molecular complexity index is 1480. The molecule has 0 radical (unpaired) electrons. The number of ether oxygens (including phenoxy) is 4. The van der Waals surface area contributed by atoms with Crippen molar-refractivity contribution in [2.45, 2.75) is 33.1 Å². The molecule has 0 saturated carbocycles. The van der Waals surface area contributed by atoms with Crippen molar-refractivity contribution in [3.63, 3.8) is 0 Å². The van der Waals surface area contributed by atoms with E-state index in [4.69, 9.17) is 18.9 Å². The van der Waals surface area contributed by atoms with Gasteiger partial charge in [-0.15, -0.1) is 5.10 Å². The van der Waals surface area contributed by atoms with Crippen molar-refractivity contribution in [1.29, 1.82) is 0 Å². The molecule has 0 amide bonds. The Labute approximate surface area is 211 Å². The van der Waals surface area contributed by atoms with Crippen molar-refractivity contribution in [2.75, 3.05) is 20.5 Å². The number of esters is 1. The van der Waals surface area contributed by atoms with Gasteiger partial charge in [-0.2, -0.15) is 0 Å². The van der Waals surface area contributed by atoms with Crippen LogP contribution in [0.2, 0.25) is 0 Å². The van der Waals surface area contributed by atoms with Gasteiger partial charge in [0.25, 0.3) is 5.56 Å². The maximum Gasteiger partial charge on any atom is 0.327 e. The van der Waals surface area contributed by atoms with E-state index in [2.05, 4.69) is 20.5 Å². The third-order valence-electron chi connectivity index (χ3n) is 5.92. The van der Waals surface area contributed by atoms with Crippen LogP contribution in [-0.2, 0) is 35.7 Å². The van der Waals surface area contributed by atoms with E-state index in [0.29, 0.717) is 47.2 Å². The standard InChI is InChI=1S/C25H26N6O6/c1-3-35-24(32)14-31-23(27-28-29-31)13-30(11-16-4-7-21-22(8-16)37-15-36-21)12-18-9-17-5-6-19(34-2)10-20(17)26-25(18)33/h4-10H,3,11-15H2,1-2H3,(H,26,33). The van der Waals surface area contributed by atoms with Crippen LogP contribution in [-0.4, -0.2) is 56.6 Å². The number of tetrazole rings is 1. The first kappa shape index (κ1) is 24.3. The molecule has 0 atom stereocenters. The first-order valence-electron chi connectivity index (χ1n) is 11.7. The average molecular weight is 507 g/mol. The van der Waals surface area contributed by atoms with Gasteiger partial charge in [0.15, 0.2) is 17.3 Å². The average Bonchev–Trinajstić information content (AvgIpc) is 3.53. The minimum absolute atomic E-state index is 0.105. The number of carbonyl (C=O) groups is 1. The molecular formula is C25H26N6O6. The summed E-state index contributed by atoms with van der Waals surface area (Å²) >= 11 is 0. The van der Waals surface area contributed by atoms with Crippen molar-refractivity contribution >= 4 is 16.9 Å². The molecule has 3 heterocycles. The molecule has 4 aromatic rings. The zero-order valence-corrected chi connectivity index (χ0v) is 20.5. The van der Waals surface area contributed by atoms with Crippen molar-refractivity contribution in [1.82, 2.24) is 30.1 Å². The van der Waals surface area contributed by atoms with Gasteiger partial charge in [-0.3, -0.25) is 14.5 Å². The molecule has 0 bridgehead atoms. The number of nitrogens with one attached hydrogen (secondary N) is 1. The maximum atomic E-state index is 13.0. The van der Waals surface area contributed by atoms with Crippen LogP contribution in [0.25, 0.3) is 10.9 Å². The summed E-state index contributed by atoms with van der Waals surface area (Å²) in [4.78, 5) is 30.0. The van der Waals surface area contributed by atoms with Gasteiger partial charge in [0.05, 0.1) is 25.8 Å². The molecule has 0 spiro atoms. The molecule has 12 nitrogen and oxygen atoms in total. The smallest absolute Gasteiger partial charge is 0.327 e. The predicted octanol–water partition coefficient (Wildman–Crippen LogP) is 2.02. The molecule has 192 valence electrons. The summed E-state index contributed by atoms with van der Waals surface area (Å²) in [7, 11) is 1.58. The molecule has 2 aromatic carbocycles. The maximum absolute atomic E-state index is 13.0. The molecule has 5 rings (SSSR count). The Morgan fingerprint density at radius 1 is 1.11 bits per heavy atom. The van der Waals surface area contributed by atoms with E-state index in [1.807, 2.05) is 41.3 Å². The van der Waals surface area contributed by atoms with Gasteiger partial charge in [0.1, 0.15) is 12.3 Å². The van der Waals surface area contributed by atoms with Crippen LogP contribution in [0.1, 0.15) is 23.9 Å². The number of nitrogens with zero attached hydrogens (tertiary/aromatic N) is 5. The lowest BCUT2D eigenvalue weighted by Gasteiger charge is -2.22. The van der Waals surface area contributed by atoms with Crippen molar-refractivity contribution in [2.24, 2.45) is 0 Å². The zero-order chi connectivity index (χ0) is 25.8. The Balaban J connectivity index is 1.44. The second-order valence-corrected chi connectivity index (χ2v) is 8.47. The normalized spacial score (nSPS) is 12.3. The Morgan fingerprint density at radius 3 is 2.81 bits per heavy atom. The van der Waals surface area contributed by atoms with Crippen LogP contribution in [0.5, 0.6) is 17.2 Å². The first-order valence-corrected chi connectivity index (χ1v) is 11.7. The fraction of sp³-hybridized carbons (Fsp3) is 0.320. The minimum atomic E-state index is -0.431. The van der Waals surface area contributed by atoms with Crippen LogP contribution >= 0.6 is 0 Å². The largest absolute Gasteiger partial charge is 0.497 e. The topological polar surface area (TPSA) is 134 Å². The van der Waals surface area contributed by atoms with Gasteiger partial charge < -0.3 is 23.9 Å². The van der Waals surface area contributed by atoms with E-state index in [1.165, 1.54) is 4.68 Å². The van der Waals surface area contributed by atoms with Crippen molar-refractivity contribution in [3.8, 4) is 17.2 Å². The number of hydrogen-bond donors (Lipinski definition) is 1. The Kier molecular flexibility index (Phi) is 6.99. The summed E-state index contributed by atoms with van der Waals surface area (Å²) in [6, 6.07) is 13.1. The second-order valence-electron chi connectivity index (χ2n) is 8.47. The molecule has 0 saturated heterocycles. The lowest BCUT2D eigenvalue weighted by molar-refractivity contribution is -0.144. The number of carbonyl (C=O) groups excluding carboxylic acids is 1. The monoisotopic (exact) mass is 506 g/mol.